The molecule has 0 heterocycles. The summed E-state index contributed by atoms with van der Waals surface area (Å²) in [5.41, 5.74) is 0. The van der Waals surface area contributed by atoms with Gasteiger partial charge in [0, 0.05) is 18.9 Å². The average Bonchev–Trinajstić information content (AvgIpc) is 2.82. The van der Waals surface area contributed by atoms with Gasteiger partial charge in [0.15, 0.2) is 0 Å². The summed E-state index contributed by atoms with van der Waals surface area (Å²) in [6.45, 7) is 0. The minimum atomic E-state index is 0.189. The Morgan fingerprint density at radius 1 is 1.50 bits per heavy atom. The molecule has 0 spiro atoms. The van der Waals surface area contributed by atoms with Crippen LogP contribution in [0.2, 0.25) is 0 Å². The van der Waals surface area contributed by atoms with Gasteiger partial charge in [-0.1, -0.05) is 0 Å². The number of terminal acetylenes is 1. The molecule has 1 aliphatic rings. The van der Waals surface area contributed by atoms with Crippen molar-refractivity contribution in [3.63, 3.8) is 0 Å². The van der Waals surface area contributed by atoms with Crippen molar-refractivity contribution in [1.82, 2.24) is 5.32 Å². The first kappa shape index (κ1) is 9.12. The fourth-order valence-electron chi connectivity index (χ4n) is 1.04. The summed E-state index contributed by atoms with van der Waals surface area (Å²) in [6, 6.07) is 0.491. The van der Waals surface area contributed by atoms with E-state index >= 15 is 0 Å². The highest BCUT2D eigenvalue weighted by molar-refractivity contribution is 5.76. The van der Waals surface area contributed by atoms with E-state index in [9.17, 15) is 4.79 Å². The van der Waals surface area contributed by atoms with Gasteiger partial charge in [-0.2, -0.15) is 0 Å². The molecule has 1 saturated carbocycles. The number of hydrogen-bond donors (Lipinski definition) is 1. The molecule has 1 N–H and O–H groups in total. The van der Waals surface area contributed by atoms with Crippen LogP contribution in [-0.2, 0) is 4.79 Å². The molecule has 0 atom stereocenters. The maximum absolute atomic E-state index is 11.1. The molecule has 0 aromatic rings. The van der Waals surface area contributed by atoms with Crippen molar-refractivity contribution in [2.24, 2.45) is 0 Å². The summed E-state index contributed by atoms with van der Waals surface area (Å²) in [5.74, 6) is 2.75. The third-order valence-electron chi connectivity index (χ3n) is 1.92. The molecule has 1 aliphatic carbocycles. The van der Waals surface area contributed by atoms with Crippen molar-refractivity contribution in [1.29, 1.82) is 0 Å². The van der Waals surface area contributed by atoms with Gasteiger partial charge in [-0.25, -0.2) is 0 Å². The summed E-state index contributed by atoms with van der Waals surface area (Å²) in [5, 5.41) is 2.94. The molecule has 0 unspecified atom stereocenters. The second kappa shape index (κ2) is 4.82. The topological polar surface area (TPSA) is 29.1 Å². The highest BCUT2D eigenvalue weighted by Crippen LogP contribution is 2.18. The van der Waals surface area contributed by atoms with Gasteiger partial charge in [0.2, 0.25) is 5.91 Å². The number of carbonyl (C=O) groups is 1. The van der Waals surface area contributed by atoms with Crippen LogP contribution in [0.25, 0.3) is 0 Å². The summed E-state index contributed by atoms with van der Waals surface area (Å²) in [4.78, 5) is 11.1. The Morgan fingerprint density at radius 3 is 2.83 bits per heavy atom. The van der Waals surface area contributed by atoms with E-state index in [0.29, 0.717) is 12.5 Å². The fourth-order valence-corrected chi connectivity index (χ4v) is 1.04. The van der Waals surface area contributed by atoms with Crippen molar-refractivity contribution in [2.75, 3.05) is 0 Å². The lowest BCUT2D eigenvalue weighted by Gasteiger charge is -2.00. The molecule has 0 aromatic carbocycles. The molecular weight excluding hydrogens is 150 g/mol. The lowest BCUT2D eigenvalue weighted by atomic mass is 10.2. The highest BCUT2D eigenvalue weighted by Gasteiger charge is 2.22. The molecule has 1 fully saturated rings. The minimum Gasteiger partial charge on any atom is -0.353 e. The normalized spacial score (nSPS) is 15.2. The monoisotopic (exact) mass is 165 g/mol. The molecule has 1 rings (SSSR count). The zero-order chi connectivity index (χ0) is 8.81. The maximum atomic E-state index is 11.1. The zero-order valence-corrected chi connectivity index (χ0v) is 7.31. The third-order valence-corrected chi connectivity index (χ3v) is 1.92. The Morgan fingerprint density at radius 2 is 2.25 bits per heavy atom. The second-order valence-corrected chi connectivity index (χ2v) is 3.25. The van der Waals surface area contributed by atoms with Crippen LogP contribution in [0.1, 0.15) is 38.5 Å². The molecule has 1 amide bonds. The Balaban J connectivity index is 1.91. The number of rotatable bonds is 5. The van der Waals surface area contributed by atoms with Crippen LogP contribution in [-0.4, -0.2) is 11.9 Å². The van der Waals surface area contributed by atoms with Crippen LogP contribution in [0.15, 0.2) is 0 Å². The zero-order valence-electron chi connectivity index (χ0n) is 7.31. The Hall–Kier alpha value is -0.970. The minimum absolute atomic E-state index is 0.189. The fraction of sp³-hybridized carbons (Fsp3) is 0.700. The third kappa shape index (κ3) is 4.02. The van der Waals surface area contributed by atoms with Crippen LogP contribution in [0.3, 0.4) is 0 Å². The largest absolute Gasteiger partial charge is 0.353 e. The molecule has 0 aliphatic heterocycles. The first-order valence-electron chi connectivity index (χ1n) is 4.56. The predicted octanol–water partition coefficient (Wildman–Crippen LogP) is 1.46. The maximum Gasteiger partial charge on any atom is 0.220 e. The van der Waals surface area contributed by atoms with Crippen molar-refractivity contribution >= 4 is 5.91 Å². The average molecular weight is 165 g/mol. The van der Waals surface area contributed by atoms with Gasteiger partial charge in [-0.15, -0.1) is 12.3 Å². The standard InChI is InChI=1S/C10H15NO/c1-2-3-4-5-6-10(12)11-9-7-8-9/h1,9H,3-8H2,(H,11,12). The molecule has 12 heavy (non-hydrogen) atoms. The van der Waals surface area contributed by atoms with Crippen LogP contribution in [0.4, 0.5) is 0 Å². The van der Waals surface area contributed by atoms with E-state index in [-0.39, 0.29) is 5.91 Å². The van der Waals surface area contributed by atoms with Crippen LogP contribution < -0.4 is 5.32 Å². The molecule has 0 saturated heterocycles. The number of nitrogens with one attached hydrogen (secondary N) is 1. The van der Waals surface area contributed by atoms with Gasteiger partial charge in [-0.3, -0.25) is 4.79 Å². The molecule has 2 nitrogen and oxygen atoms in total. The van der Waals surface area contributed by atoms with Crippen molar-refractivity contribution in [3.05, 3.63) is 0 Å². The molecule has 66 valence electrons. The summed E-state index contributed by atoms with van der Waals surface area (Å²) < 4.78 is 0. The van der Waals surface area contributed by atoms with E-state index in [1.54, 1.807) is 0 Å². The SMILES string of the molecule is C#CCCCCC(=O)NC1CC1. The Kier molecular flexibility index (Phi) is 3.66. The summed E-state index contributed by atoms with van der Waals surface area (Å²) in [6.07, 6.45) is 10.7. The predicted molar refractivity (Wildman–Crippen MR) is 48.5 cm³/mol. The van der Waals surface area contributed by atoms with Gasteiger partial charge in [0.1, 0.15) is 0 Å². The Bertz CT molecular complexity index is 189. The van der Waals surface area contributed by atoms with E-state index in [4.69, 9.17) is 6.42 Å². The quantitative estimate of drug-likeness (QED) is 0.485. The number of unbranched alkanes of at least 4 members (excludes halogenated alkanes) is 2. The van der Waals surface area contributed by atoms with Crippen molar-refractivity contribution in [3.8, 4) is 12.3 Å². The number of amides is 1. The first-order valence-corrected chi connectivity index (χ1v) is 4.56. The molecule has 0 bridgehead atoms. The molecule has 0 aromatic heterocycles. The van der Waals surface area contributed by atoms with E-state index in [0.717, 1.165) is 32.1 Å². The smallest absolute Gasteiger partial charge is 0.220 e. The van der Waals surface area contributed by atoms with Crippen molar-refractivity contribution < 1.29 is 4.79 Å². The van der Waals surface area contributed by atoms with E-state index in [2.05, 4.69) is 11.2 Å². The summed E-state index contributed by atoms with van der Waals surface area (Å²) in [7, 11) is 0. The lowest BCUT2D eigenvalue weighted by Crippen LogP contribution is -2.24. The van der Waals surface area contributed by atoms with Gasteiger partial charge in [-0.05, 0) is 25.7 Å². The van der Waals surface area contributed by atoms with E-state index < -0.39 is 0 Å². The van der Waals surface area contributed by atoms with E-state index in [1.807, 2.05) is 0 Å². The van der Waals surface area contributed by atoms with Crippen molar-refractivity contribution in [2.45, 2.75) is 44.6 Å². The van der Waals surface area contributed by atoms with Gasteiger partial charge < -0.3 is 5.32 Å². The van der Waals surface area contributed by atoms with E-state index in [1.165, 1.54) is 0 Å². The van der Waals surface area contributed by atoms with Crippen LogP contribution >= 0.6 is 0 Å². The number of carbonyl (C=O) groups excluding carboxylic acids is 1. The molecule has 0 radical (unpaired) electrons. The number of hydrogen-bond acceptors (Lipinski definition) is 1. The highest BCUT2D eigenvalue weighted by atomic mass is 16.1. The van der Waals surface area contributed by atoms with Gasteiger partial charge in [0.25, 0.3) is 0 Å². The second-order valence-electron chi connectivity index (χ2n) is 3.25. The molecule has 2 heteroatoms. The van der Waals surface area contributed by atoms with Crippen LogP contribution in [0, 0.1) is 12.3 Å². The Labute approximate surface area is 73.7 Å². The molecular formula is C10H15NO. The first-order chi connectivity index (χ1) is 5.83. The van der Waals surface area contributed by atoms with Gasteiger partial charge in [0.05, 0.1) is 0 Å². The lowest BCUT2D eigenvalue weighted by molar-refractivity contribution is -0.121. The van der Waals surface area contributed by atoms with Gasteiger partial charge >= 0.3 is 0 Å². The van der Waals surface area contributed by atoms with Crippen LogP contribution in [0.5, 0.6) is 0 Å². The summed E-state index contributed by atoms with van der Waals surface area (Å²) >= 11 is 0.